The Kier molecular flexibility index (Phi) is 4.68. The lowest BCUT2D eigenvalue weighted by Gasteiger charge is -2.21. The SMILES string of the molecule is C[C@H](N)c1ccc(N(C)CC(F)F)c(Br)c1. The predicted molar refractivity (Wildman–Crippen MR) is 66.0 cm³/mol. The lowest BCUT2D eigenvalue weighted by Crippen LogP contribution is -2.24. The second-order valence-corrected chi connectivity index (χ2v) is 4.63. The quantitative estimate of drug-likeness (QED) is 0.924. The molecule has 2 nitrogen and oxygen atoms in total. The fourth-order valence-electron chi connectivity index (χ4n) is 1.42. The lowest BCUT2D eigenvalue weighted by atomic mass is 10.1. The van der Waals surface area contributed by atoms with Crippen LogP contribution in [0, 0.1) is 0 Å². The van der Waals surface area contributed by atoms with E-state index in [0.717, 1.165) is 15.7 Å². The van der Waals surface area contributed by atoms with Crippen LogP contribution in [0.5, 0.6) is 0 Å². The summed E-state index contributed by atoms with van der Waals surface area (Å²) in [6.07, 6.45) is -2.34. The number of alkyl halides is 2. The molecule has 1 aromatic rings. The van der Waals surface area contributed by atoms with Gasteiger partial charge in [-0.05, 0) is 40.5 Å². The standard InChI is InChI=1S/C11H15BrF2N2/c1-7(15)8-3-4-10(9(12)5-8)16(2)6-11(13)14/h3-5,7,11H,6,15H2,1-2H3/t7-/m0/s1. The van der Waals surface area contributed by atoms with Crippen molar-refractivity contribution in [3.8, 4) is 0 Å². The predicted octanol–water partition coefficient (Wildman–Crippen LogP) is 3.17. The monoisotopic (exact) mass is 292 g/mol. The van der Waals surface area contributed by atoms with E-state index in [1.807, 2.05) is 19.1 Å². The van der Waals surface area contributed by atoms with E-state index in [0.29, 0.717) is 0 Å². The Hall–Kier alpha value is -0.680. The van der Waals surface area contributed by atoms with Crippen LogP contribution < -0.4 is 10.6 Å². The van der Waals surface area contributed by atoms with E-state index in [1.165, 1.54) is 4.90 Å². The maximum absolute atomic E-state index is 12.2. The van der Waals surface area contributed by atoms with Crippen LogP contribution in [-0.2, 0) is 0 Å². The molecule has 0 saturated heterocycles. The molecule has 0 aliphatic carbocycles. The van der Waals surface area contributed by atoms with Crippen molar-refractivity contribution in [2.75, 3.05) is 18.5 Å². The minimum absolute atomic E-state index is 0.0641. The van der Waals surface area contributed by atoms with Crippen LogP contribution in [0.3, 0.4) is 0 Å². The first-order valence-electron chi connectivity index (χ1n) is 4.96. The molecular weight excluding hydrogens is 278 g/mol. The van der Waals surface area contributed by atoms with Gasteiger partial charge in [-0.15, -0.1) is 0 Å². The zero-order valence-corrected chi connectivity index (χ0v) is 10.8. The number of rotatable bonds is 4. The molecule has 1 atom stereocenters. The summed E-state index contributed by atoms with van der Waals surface area (Å²) < 4.78 is 25.2. The molecular formula is C11H15BrF2N2. The number of hydrogen-bond donors (Lipinski definition) is 1. The maximum atomic E-state index is 12.2. The van der Waals surface area contributed by atoms with Crippen LogP contribution in [0.15, 0.2) is 22.7 Å². The van der Waals surface area contributed by atoms with Gasteiger partial charge in [0.05, 0.1) is 12.2 Å². The average molecular weight is 293 g/mol. The molecule has 0 fully saturated rings. The third-order valence-electron chi connectivity index (χ3n) is 2.32. The number of nitrogens with two attached hydrogens (primary N) is 1. The summed E-state index contributed by atoms with van der Waals surface area (Å²) in [4.78, 5) is 1.51. The van der Waals surface area contributed by atoms with Crippen LogP contribution in [0.2, 0.25) is 0 Å². The maximum Gasteiger partial charge on any atom is 0.255 e. The second kappa shape index (κ2) is 5.59. The molecule has 0 bridgehead atoms. The number of anilines is 1. The highest BCUT2D eigenvalue weighted by Gasteiger charge is 2.12. The van der Waals surface area contributed by atoms with Gasteiger partial charge < -0.3 is 10.6 Å². The largest absolute Gasteiger partial charge is 0.368 e. The van der Waals surface area contributed by atoms with Crippen LogP contribution >= 0.6 is 15.9 Å². The number of benzene rings is 1. The Morgan fingerprint density at radius 1 is 1.44 bits per heavy atom. The average Bonchev–Trinajstić information content (AvgIpc) is 2.15. The fourth-order valence-corrected chi connectivity index (χ4v) is 2.12. The van der Waals surface area contributed by atoms with Crippen LogP contribution in [-0.4, -0.2) is 20.0 Å². The van der Waals surface area contributed by atoms with Gasteiger partial charge in [0.15, 0.2) is 0 Å². The summed E-state index contributed by atoms with van der Waals surface area (Å²) in [5, 5.41) is 0. The molecule has 2 N–H and O–H groups in total. The van der Waals surface area contributed by atoms with Crippen molar-refractivity contribution in [3.63, 3.8) is 0 Å². The molecule has 0 amide bonds. The van der Waals surface area contributed by atoms with Crippen molar-refractivity contribution in [3.05, 3.63) is 28.2 Å². The number of hydrogen-bond acceptors (Lipinski definition) is 2. The van der Waals surface area contributed by atoms with Gasteiger partial charge in [0.25, 0.3) is 6.43 Å². The summed E-state index contributed by atoms with van der Waals surface area (Å²) in [7, 11) is 1.64. The van der Waals surface area contributed by atoms with Crippen molar-refractivity contribution in [1.29, 1.82) is 0 Å². The minimum Gasteiger partial charge on any atom is -0.368 e. The van der Waals surface area contributed by atoms with Gasteiger partial charge in [-0.2, -0.15) is 0 Å². The summed E-state index contributed by atoms with van der Waals surface area (Å²) in [5.74, 6) is 0. The molecule has 0 spiro atoms. The van der Waals surface area contributed by atoms with Crippen molar-refractivity contribution in [1.82, 2.24) is 0 Å². The van der Waals surface area contributed by atoms with E-state index in [-0.39, 0.29) is 12.6 Å². The summed E-state index contributed by atoms with van der Waals surface area (Å²) in [6.45, 7) is 1.60. The highest BCUT2D eigenvalue weighted by atomic mass is 79.9. The Labute approximate surface area is 103 Å². The van der Waals surface area contributed by atoms with E-state index in [1.54, 1.807) is 13.1 Å². The van der Waals surface area contributed by atoms with Gasteiger partial charge in [-0.25, -0.2) is 8.78 Å². The van der Waals surface area contributed by atoms with Crippen molar-refractivity contribution >= 4 is 21.6 Å². The first-order valence-corrected chi connectivity index (χ1v) is 5.75. The Balaban J connectivity index is 2.90. The zero-order valence-electron chi connectivity index (χ0n) is 9.25. The minimum atomic E-state index is -2.34. The fraction of sp³-hybridized carbons (Fsp3) is 0.455. The number of nitrogens with zero attached hydrogens (tertiary/aromatic N) is 1. The van der Waals surface area contributed by atoms with Gasteiger partial charge in [-0.1, -0.05) is 6.07 Å². The van der Waals surface area contributed by atoms with Crippen molar-refractivity contribution in [2.24, 2.45) is 5.73 Å². The Bertz CT molecular complexity index is 356. The van der Waals surface area contributed by atoms with E-state index >= 15 is 0 Å². The normalized spacial score (nSPS) is 12.9. The topological polar surface area (TPSA) is 29.3 Å². The molecule has 0 heterocycles. The van der Waals surface area contributed by atoms with Gasteiger partial charge >= 0.3 is 0 Å². The first-order chi connectivity index (χ1) is 7.41. The van der Waals surface area contributed by atoms with Crippen LogP contribution in [0.25, 0.3) is 0 Å². The number of halogens is 3. The van der Waals surface area contributed by atoms with Gasteiger partial charge in [0.2, 0.25) is 0 Å². The van der Waals surface area contributed by atoms with Crippen molar-refractivity contribution < 1.29 is 8.78 Å². The highest BCUT2D eigenvalue weighted by Crippen LogP contribution is 2.28. The molecule has 0 unspecified atom stereocenters. The molecule has 0 aliphatic rings. The molecule has 0 aliphatic heterocycles. The second-order valence-electron chi connectivity index (χ2n) is 3.77. The smallest absolute Gasteiger partial charge is 0.255 e. The molecule has 0 saturated carbocycles. The molecule has 1 rings (SSSR count). The van der Waals surface area contributed by atoms with E-state index in [9.17, 15) is 8.78 Å². The van der Waals surface area contributed by atoms with E-state index < -0.39 is 6.43 Å². The third kappa shape index (κ3) is 3.42. The summed E-state index contributed by atoms with van der Waals surface area (Å²) in [5.41, 5.74) is 7.45. The van der Waals surface area contributed by atoms with Crippen LogP contribution in [0.1, 0.15) is 18.5 Å². The summed E-state index contributed by atoms with van der Waals surface area (Å²) in [6, 6.07) is 5.45. The van der Waals surface area contributed by atoms with Gasteiger partial charge in [-0.3, -0.25) is 0 Å². The Morgan fingerprint density at radius 3 is 2.50 bits per heavy atom. The molecule has 1 aromatic carbocycles. The van der Waals surface area contributed by atoms with Gasteiger partial charge in [0.1, 0.15) is 0 Å². The summed E-state index contributed by atoms with van der Waals surface area (Å²) >= 11 is 3.36. The first kappa shape index (κ1) is 13.4. The highest BCUT2D eigenvalue weighted by molar-refractivity contribution is 9.10. The lowest BCUT2D eigenvalue weighted by molar-refractivity contribution is 0.156. The third-order valence-corrected chi connectivity index (χ3v) is 2.96. The zero-order chi connectivity index (χ0) is 12.3. The van der Waals surface area contributed by atoms with Crippen LogP contribution in [0.4, 0.5) is 14.5 Å². The van der Waals surface area contributed by atoms with E-state index in [4.69, 9.17) is 5.73 Å². The molecule has 16 heavy (non-hydrogen) atoms. The van der Waals surface area contributed by atoms with Crippen molar-refractivity contribution in [2.45, 2.75) is 19.4 Å². The molecule has 5 heteroatoms. The molecule has 90 valence electrons. The molecule has 0 radical (unpaired) electrons. The van der Waals surface area contributed by atoms with E-state index in [2.05, 4.69) is 15.9 Å². The Morgan fingerprint density at radius 2 is 2.06 bits per heavy atom. The molecule has 0 aromatic heterocycles. The van der Waals surface area contributed by atoms with Gasteiger partial charge in [0, 0.05) is 17.6 Å².